The zero-order valence-electron chi connectivity index (χ0n) is 6.44. The van der Waals surface area contributed by atoms with E-state index in [4.69, 9.17) is 11.5 Å². The van der Waals surface area contributed by atoms with Gasteiger partial charge in [0.1, 0.15) is 0 Å². The molecule has 0 radical (unpaired) electrons. The first-order valence-corrected chi connectivity index (χ1v) is 3.59. The predicted molar refractivity (Wildman–Crippen MR) is 45.3 cm³/mol. The molecule has 0 atom stereocenters. The molecule has 2 aromatic rings. The molecule has 5 nitrogen and oxygen atoms in total. The molecular formula is C7H9N5. The van der Waals surface area contributed by atoms with Crippen LogP contribution in [0.25, 0.3) is 5.78 Å². The van der Waals surface area contributed by atoms with Crippen LogP contribution < -0.4 is 11.5 Å². The molecule has 0 aromatic carbocycles. The van der Waals surface area contributed by atoms with E-state index in [1.54, 1.807) is 23.0 Å². The monoisotopic (exact) mass is 163 g/mol. The minimum absolute atomic E-state index is 0.437. The number of hydrogen-bond donors (Lipinski definition) is 2. The van der Waals surface area contributed by atoms with Crippen LogP contribution in [0.1, 0.15) is 5.69 Å². The standard InChI is InChI=1S/C7H9N5/c8-1-6-3-11-7-10-2-5(9)4-12(6)7/h2-4H,1,8-9H2. The maximum Gasteiger partial charge on any atom is 0.234 e. The Morgan fingerprint density at radius 3 is 2.83 bits per heavy atom. The van der Waals surface area contributed by atoms with Gasteiger partial charge in [-0.2, -0.15) is 0 Å². The second-order valence-corrected chi connectivity index (χ2v) is 2.51. The molecule has 0 bridgehead atoms. The third-order valence-electron chi connectivity index (χ3n) is 1.67. The van der Waals surface area contributed by atoms with Crippen molar-refractivity contribution in [3.8, 4) is 0 Å². The van der Waals surface area contributed by atoms with Gasteiger partial charge in [-0.3, -0.25) is 4.40 Å². The lowest BCUT2D eigenvalue weighted by atomic mass is 10.5. The summed E-state index contributed by atoms with van der Waals surface area (Å²) in [5.74, 6) is 0.629. The van der Waals surface area contributed by atoms with Crippen LogP contribution in [0, 0.1) is 0 Å². The first kappa shape index (κ1) is 7.05. The lowest BCUT2D eigenvalue weighted by Gasteiger charge is -1.97. The van der Waals surface area contributed by atoms with Crippen molar-refractivity contribution in [2.75, 3.05) is 5.73 Å². The average molecular weight is 163 g/mol. The van der Waals surface area contributed by atoms with Gasteiger partial charge < -0.3 is 11.5 Å². The van der Waals surface area contributed by atoms with Crippen LogP contribution in [0.3, 0.4) is 0 Å². The van der Waals surface area contributed by atoms with Crippen molar-refractivity contribution >= 4 is 11.5 Å². The highest BCUT2D eigenvalue weighted by atomic mass is 15.1. The van der Waals surface area contributed by atoms with E-state index in [2.05, 4.69) is 9.97 Å². The van der Waals surface area contributed by atoms with Gasteiger partial charge in [-0.25, -0.2) is 9.97 Å². The molecule has 0 saturated heterocycles. The molecule has 5 heteroatoms. The van der Waals surface area contributed by atoms with E-state index in [1.165, 1.54) is 0 Å². The second kappa shape index (κ2) is 2.46. The van der Waals surface area contributed by atoms with Crippen molar-refractivity contribution in [3.63, 3.8) is 0 Å². The van der Waals surface area contributed by atoms with E-state index in [0.29, 0.717) is 18.0 Å². The van der Waals surface area contributed by atoms with Gasteiger partial charge >= 0.3 is 0 Å². The molecule has 0 spiro atoms. The quantitative estimate of drug-likeness (QED) is 0.608. The number of imidazole rings is 1. The van der Waals surface area contributed by atoms with Gasteiger partial charge in [0.2, 0.25) is 5.78 Å². The fourth-order valence-corrected chi connectivity index (χ4v) is 1.09. The Hall–Kier alpha value is -1.62. The molecule has 0 aliphatic carbocycles. The molecule has 2 heterocycles. The van der Waals surface area contributed by atoms with Gasteiger partial charge in [0, 0.05) is 12.7 Å². The van der Waals surface area contributed by atoms with Crippen molar-refractivity contribution in [1.82, 2.24) is 14.4 Å². The van der Waals surface area contributed by atoms with Crippen molar-refractivity contribution in [2.24, 2.45) is 5.73 Å². The third kappa shape index (κ3) is 0.911. The summed E-state index contributed by atoms with van der Waals surface area (Å²) in [6.07, 6.45) is 5.03. The Morgan fingerprint density at radius 1 is 1.33 bits per heavy atom. The predicted octanol–water partition coefficient (Wildman–Crippen LogP) is -0.230. The van der Waals surface area contributed by atoms with E-state index in [0.717, 1.165) is 5.69 Å². The number of hydrogen-bond acceptors (Lipinski definition) is 4. The highest BCUT2D eigenvalue weighted by Crippen LogP contribution is 2.06. The van der Waals surface area contributed by atoms with Crippen LogP contribution in [0.15, 0.2) is 18.6 Å². The van der Waals surface area contributed by atoms with Crippen LogP contribution in [-0.4, -0.2) is 14.4 Å². The molecule has 0 aliphatic heterocycles. The van der Waals surface area contributed by atoms with E-state index in [-0.39, 0.29) is 0 Å². The molecule has 2 aromatic heterocycles. The Morgan fingerprint density at radius 2 is 2.08 bits per heavy atom. The number of nitrogens with zero attached hydrogens (tertiary/aromatic N) is 3. The average Bonchev–Trinajstić information content (AvgIpc) is 2.46. The number of fused-ring (bicyclic) bond motifs is 1. The smallest absolute Gasteiger partial charge is 0.234 e. The number of anilines is 1. The zero-order valence-corrected chi connectivity index (χ0v) is 6.44. The molecule has 0 saturated carbocycles. The molecule has 2 rings (SSSR count). The zero-order chi connectivity index (χ0) is 8.55. The molecule has 0 fully saturated rings. The molecular weight excluding hydrogens is 154 g/mol. The third-order valence-corrected chi connectivity index (χ3v) is 1.67. The van der Waals surface area contributed by atoms with E-state index in [9.17, 15) is 0 Å². The van der Waals surface area contributed by atoms with Crippen molar-refractivity contribution < 1.29 is 0 Å². The lowest BCUT2D eigenvalue weighted by Crippen LogP contribution is -2.02. The Labute approximate surface area is 69.0 Å². The summed E-state index contributed by atoms with van der Waals surface area (Å²) in [5, 5.41) is 0. The van der Waals surface area contributed by atoms with Gasteiger partial charge in [-0.05, 0) is 0 Å². The highest BCUT2D eigenvalue weighted by molar-refractivity contribution is 5.40. The van der Waals surface area contributed by atoms with Gasteiger partial charge in [-0.1, -0.05) is 0 Å². The number of nitrogens with two attached hydrogens (primary N) is 2. The lowest BCUT2D eigenvalue weighted by molar-refractivity contribution is 0.949. The van der Waals surface area contributed by atoms with Crippen molar-refractivity contribution in [3.05, 3.63) is 24.3 Å². The Balaban J connectivity index is 2.75. The van der Waals surface area contributed by atoms with Crippen LogP contribution in [0.2, 0.25) is 0 Å². The summed E-state index contributed by atoms with van der Waals surface area (Å²) in [7, 11) is 0. The SMILES string of the molecule is NCc1cnc2ncc(N)cn12. The van der Waals surface area contributed by atoms with Gasteiger partial charge in [0.05, 0.1) is 23.8 Å². The second-order valence-electron chi connectivity index (χ2n) is 2.51. The number of nitrogen functional groups attached to an aromatic ring is 1. The molecule has 4 N–H and O–H groups in total. The van der Waals surface area contributed by atoms with E-state index >= 15 is 0 Å². The molecule has 12 heavy (non-hydrogen) atoms. The van der Waals surface area contributed by atoms with Crippen LogP contribution in [-0.2, 0) is 6.54 Å². The topological polar surface area (TPSA) is 82.2 Å². The summed E-state index contributed by atoms with van der Waals surface area (Å²) in [4.78, 5) is 8.07. The summed E-state index contributed by atoms with van der Waals surface area (Å²) in [6.45, 7) is 0.437. The largest absolute Gasteiger partial charge is 0.396 e. The number of aromatic nitrogens is 3. The highest BCUT2D eigenvalue weighted by Gasteiger charge is 2.01. The minimum atomic E-state index is 0.437. The van der Waals surface area contributed by atoms with Crippen molar-refractivity contribution in [1.29, 1.82) is 0 Å². The van der Waals surface area contributed by atoms with Gasteiger partial charge in [0.15, 0.2) is 0 Å². The fourth-order valence-electron chi connectivity index (χ4n) is 1.09. The van der Waals surface area contributed by atoms with Gasteiger partial charge in [-0.15, -0.1) is 0 Å². The molecule has 0 amide bonds. The summed E-state index contributed by atoms with van der Waals surface area (Å²) in [6, 6.07) is 0. The Kier molecular flexibility index (Phi) is 1.44. The first-order chi connectivity index (χ1) is 5.81. The van der Waals surface area contributed by atoms with Crippen LogP contribution in [0.5, 0.6) is 0 Å². The maximum atomic E-state index is 5.55. The van der Waals surface area contributed by atoms with Crippen LogP contribution in [0.4, 0.5) is 5.69 Å². The Bertz CT molecular complexity index is 405. The van der Waals surface area contributed by atoms with Gasteiger partial charge in [0.25, 0.3) is 0 Å². The molecule has 62 valence electrons. The number of rotatable bonds is 1. The van der Waals surface area contributed by atoms with E-state index in [1.807, 2.05) is 0 Å². The maximum absolute atomic E-state index is 5.55. The first-order valence-electron chi connectivity index (χ1n) is 3.59. The van der Waals surface area contributed by atoms with Crippen molar-refractivity contribution in [2.45, 2.75) is 6.54 Å². The summed E-state index contributed by atoms with van der Waals surface area (Å²) in [5.41, 5.74) is 12.5. The van der Waals surface area contributed by atoms with Crippen LogP contribution >= 0.6 is 0 Å². The normalized spacial score (nSPS) is 10.8. The molecule has 0 aliphatic rings. The summed E-state index contributed by atoms with van der Waals surface area (Å²) >= 11 is 0. The summed E-state index contributed by atoms with van der Waals surface area (Å²) < 4.78 is 1.79. The van der Waals surface area contributed by atoms with E-state index < -0.39 is 0 Å². The molecule has 0 unspecified atom stereocenters. The minimum Gasteiger partial charge on any atom is -0.396 e. The fraction of sp³-hybridized carbons (Fsp3) is 0.143.